The number of carboxylic acids is 1. The number of hydrogen-bond acceptors (Lipinski definition) is 3. The number of carbonyl (C=O) groups is 2. The maximum Gasteiger partial charge on any atom is 0.417 e. The highest BCUT2D eigenvalue weighted by Crippen LogP contribution is 2.04. The van der Waals surface area contributed by atoms with Crippen LogP contribution >= 0.6 is 0 Å². The highest BCUT2D eigenvalue weighted by molar-refractivity contribution is 6.28. The number of carbonyl (C=O) groups excluding carboxylic acids is 1. The molecule has 0 heterocycles. The quantitative estimate of drug-likeness (QED) is 0.566. The zero-order chi connectivity index (χ0) is 10.6. The van der Waals surface area contributed by atoms with Crippen molar-refractivity contribution in [3.8, 4) is 0 Å². The summed E-state index contributed by atoms with van der Waals surface area (Å²) in [5, 5.41) is 8.23. The SMILES string of the molecule is Cc1ccc(COC(=O)C(=O)O)cc1. The van der Waals surface area contributed by atoms with Crippen LogP contribution in [0.1, 0.15) is 11.1 Å². The standard InChI is InChI=1S/C10H10O4/c1-7-2-4-8(5-3-7)6-14-10(13)9(11)12/h2-5H,6H2,1H3,(H,11,12). The minimum atomic E-state index is -1.57. The number of rotatable bonds is 2. The lowest BCUT2D eigenvalue weighted by Gasteiger charge is -2.01. The summed E-state index contributed by atoms with van der Waals surface area (Å²) < 4.78 is 4.49. The van der Waals surface area contributed by atoms with Gasteiger partial charge in [-0.3, -0.25) is 0 Å². The first-order chi connectivity index (χ1) is 6.59. The van der Waals surface area contributed by atoms with Crippen molar-refractivity contribution in [3.05, 3.63) is 35.4 Å². The fourth-order valence-electron chi connectivity index (χ4n) is 0.895. The van der Waals surface area contributed by atoms with Crippen molar-refractivity contribution in [1.82, 2.24) is 0 Å². The topological polar surface area (TPSA) is 63.6 Å². The second kappa shape index (κ2) is 4.41. The number of esters is 1. The molecule has 0 aromatic heterocycles. The largest absolute Gasteiger partial charge is 0.473 e. The van der Waals surface area contributed by atoms with Crippen molar-refractivity contribution in [2.75, 3.05) is 0 Å². The van der Waals surface area contributed by atoms with E-state index >= 15 is 0 Å². The molecular formula is C10H10O4. The minimum Gasteiger partial charge on any atom is -0.473 e. The highest BCUT2D eigenvalue weighted by Gasteiger charge is 2.12. The van der Waals surface area contributed by atoms with Crippen LogP contribution in [0.15, 0.2) is 24.3 Å². The summed E-state index contributed by atoms with van der Waals surface area (Å²) in [6, 6.07) is 7.29. The van der Waals surface area contributed by atoms with Crippen molar-refractivity contribution >= 4 is 11.9 Å². The molecule has 0 aliphatic heterocycles. The van der Waals surface area contributed by atoms with E-state index in [1.807, 2.05) is 19.1 Å². The fourth-order valence-corrected chi connectivity index (χ4v) is 0.895. The van der Waals surface area contributed by atoms with Gasteiger partial charge in [-0.25, -0.2) is 9.59 Å². The number of aryl methyl sites for hydroxylation is 1. The molecule has 14 heavy (non-hydrogen) atoms. The minimum absolute atomic E-state index is 0.00852. The van der Waals surface area contributed by atoms with Gasteiger partial charge in [-0.2, -0.15) is 0 Å². The van der Waals surface area contributed by atoms with Crippen LogP contribution in [-0.2, 0) is 20.9 Å². The lowest BCUT2D eigenvalue weighted by molar-refractivity contribution is -0.164. The molecule has 4 nitrogen and oxygen atoms in total. The lowest BCUT2D eigenvalue weighted by Crippen LogP contribution is -2.15. The number of carboxylic acid groups (broad SMARTS) is 1. The molecule has 74 valence electrons. The van der Waals surface area contributed by atoms with Gasteiger partial charge in [0, 0.05) is 0 Å². The van der Waals surface area contributed by atoms with Crippen molar-refractivity contribution in [2.24, 2.45) is 0 Å². The molecule has 1 rings (SSSR count). The van der Waals surface area contributed by atoms with E-state index in [9.17, 15) is 9.59 Å². The van der Waals surface area contributed by atoms with Gasteiger partial charge in [-0.15, -0.1) is 0 Å². The average Bonchev–Trinajstić information content (AvgIpc) is 2.16. The molecule has 0 bridgehead atoms. The van der Waals surface area contributed by atoms with Gasteiger partial charge in [0.05, 0.1) is 0 Å². The van der Waals surface area contributed by atoms with E-state index < -0.39 is 11.9 Å². The van der Waals surface area contributed by atoms with E-state index in [2.05, 4.69) is 4.74 Å². The van der Waals surface area contributed by atoms with Crippen LogP contribution < -0.4 is 0 Å². The zero-order valence-electron chi connectivity index (χ0n) is 7.69. The maximum absolute atomic E-state index is 10.6. The first-order valence-electron chi connectivity index (χ1n) is 4.05. The van der Waals surface area contributed by atoms with Gasteiger partial charge in [0.1, 0.15) is 6.61 Å². The Morgan fingerprint density at radius 1 is 1.29 bits per heavy atom. The number of hydrogen-bond donors (Lipinski definition) is 1. The molecule has 1 aromatic rings. The number of benzene rings is 1. The predicted molar refractivity (Wildman–Crippen MR) is 48.6 cm³/mol. The number of aliphatic carboxylic acids is 1. The van der Waals surface area contributed by atoms with Gasteiger partial charge in [-0.1, -0.05) is 29.8 Å². The van der Waals surface area contributed by atoms with Gasteiger partial charge in [0.2, 0.25) is 0 Å². The number of ether oxygens (including phenoxy) is 1. The first-order valence-corrected chi connectivity index (χ1v) is 4.05. The second-order valence-corrected chi connectivity index (χ2v) is 2.87. The van der Waals surface area contributed by atoms with E-state index in [0.717, 1.165) is 11.1 Å². The van der Waals surface area contributed by atoms with E-state index in [1.54, 1.807) is 12.1 Å². The van der Waals surface area contributed by atoms with Crippen LogP contribution in [0.25, 0.3) is 0 Å². The van der Waals surface area contributed by atoms with Crippen LogP contribution in [-0.4, -0.2) is 17.0 Å². The molecule has 0 saturated carbocycles. The summed E-state index contributed by atoms with van der Waals surface area (Å²) in [4.78, 5) is 20.7. The first kappa shape index (κ1) is 10.2. The summed E-state index contributed by atoms with van der Waals surface area (Å²) in [6.07, 6.45) is 0. The molecule has 0 aliphatic carbocycles. The summed E-state index contributed by atoms with van der Waals surface area (Å²) in [5.41, 5.74) is 1.86. The summed E-state index contributed by atoms with van der Waals surface area (Å²) in [5.74, 6) is -2.80. The third-order valence-electron chi connectivity index (χ3n) is 1.67. The van der Waals surface area contributed by atoms with E-state index in [1.165, 1.54) is 0 Å². The molecule has 0 radical (unpaired) electrons. The van der Waals surface area contributed by atoms with Gasteiger partial charge in [0.15, 0.2) is 0 Å². The molecule has 0 fully saturated rings. The second-order valence-electron chi connectivity index (χ2n) is 2.87. The Labute approximate surface area is 81.1 Å². The molecule has 0 saturated heterocycles. The van der Waals surface area contributed by atoms with Gasteiger partial charge in [-0.05, 0) is 12.5 Å². The van der Waals surface area contributed by atoms with Gasteiger partial charge < -0.3 is 9.84 Å². The smallest absolute Gasteiger partial charge is 0.417 e. The summed E-state index contributed by atoms with van der Waals surface area (Å²) in [6.45, 7) is 1.93. The molecule has 1 N–H and O–H groups in total. The zero-order valence-corrected chi connectivity index (χ0v) is 7.69. The molecule has 0 amide bonds. The van der Waals surface area contributed by atoms with Crippen molar-refractivity contribution in [3.63, 3.8) is 0 Å². The van der Waals surface area contributed by atoms with Gasteiger partial charge in [0.25, 0.3) is 0 Å². The fraction of sp³-hybridized carbons (Fsp3) is 0.200. The molecular weight excluding hydrogens is 184 g/mol. The Morgan fingerprint density at radius 3 is 2.36 bits per heavy atom. The highest BCUT2D eigenvalue weighted by atomic mass is 16.6. The van der Waals surface area contributed by atoms with Crippen molar-refractivity contribution in [1.29, 1.82) is 0 Å². The van der Waals surface area contributed by atoms with Gasteiger partial charge >= 0.3 is 11.9 Å². The average molecular weight is 194 g/mol. The predicted octanol–water partition coefficient (Wildman–Crippen LogP) is 1.12. The van der Waals surface area contributed by atoms with Crippen molar-refractivity contribution < 1.29 is 19.4 Å². The third kappa shape index (κ3) is 2.90. The van der Waals surface area contributed by atoms with Crippen LogP contribution in [0.5, 0.6) is 0 Å². The molecule has 0 aliphatic rings. The normalized spacial score (nSPS) is 9.50. The van der Waals surface area contributed by atoms with Crippen molar-refractivity contribution in [2.45, 2.75) is 13.5 Å². The monoisotopic (exact) mass is 194 g/mol. The molecule has 0 spiro atoms. The molecule has 1 aromatic carbocycles. The Morgan fingerprint density at radius 2 is 1.86 bits per heavy atom. The Balaban J connectivity index is 2.50. The van der Waals surface area contributed by atoms with Crippen LogP contribution in [0.2, 0.25) is 0 Å². The van der Waals surface area contributed by atoms with Crippen LogP contribution in [0.4, 0.5) is 0 Å². The maximum atomic E-state index is 10.6. The van der Waals surface area contributed by atoms with Crippen LogP contribution in [0.3, 0.4) is 0 Å². The Bertz CT molecular complexity index is 340. The molecule has 4 heteroatoms. The molecule has 0 unspecified atom stereocenters. The van der Waals surface area contributed by atoms with E-state index in [4.69, 9.17) is 5.11 Å². The third-order valence-corrected chi connectivity index (χ3v) is 1.67. The Hall–Kier alpha value is -1.84. The van der Waals surface area contributed by atoms with Crippen LogP contribution in [0, 0.1) is 6.92 Å². The summed E-state index contributed by atoms with van der Waals surface area (Å²) in [7, 11) is 0. The molecule has 0 atom stereocenters. The van der Waals surface area contributed by atoms with E-state index in [0.29, 0.717) is 0 Å². The summed E-state index contributed by atoms with van der Waals surface area (Å²) >= 11 is 0. The Kier molecular flexibility index (Phi) is 3.23. The van der Waals surface area contributed by atoms with E-state index in [-0.39, 0.29) is 6.61 Å². The lowest BCUT2D eigenvalue weighted by atomic mass is 10.2.